The third-order valence-electron chi connectivity index (χ3n) is 5.45. The normalized spacial score (nSPS) is 28.6. The molecule has 2 unspecified atom stereocenters. The van der Waals surface area contributed by atoms with Gasteiger partial charge in [0.05, 0.1) is 0 Å². The van der Waals surface area contributed by atoms with Gasteiger partial charge in [-0.3, -0.25) is 4.90 Å². The molecule has 1 aliphatic carbocycles. The van der Waals surface area contributed by atoms with Crippen LogP contribution < -0.4 is 5.32 Å². The molecule has 2 aliphatic rings. The van der Waals surface area contributed by atoms with Crippen LogP contribution in [0, 0.1) is 5.92 Å². The van der Waals surface area contributed by atoms with Crippen molar-refractivity contribution in [1.29, 1.82) is 0 Å². The zero-order chi connectivity index (χ0) is 14.5. The highest BCUT2D eigenvalue weighted by Crippen LogP contribution is 2.31. The van der Waals surface area contributed by atoms with Crippen LogP contribution in [0.15, 0.2) is 30.3 Å². The zero-order valence-corrected chi connectivity index (χ0v) is 13.4. The monoisotopic (exact) mass is 286 g/mol. The second-order valence-electron chi connectivity index (χ2n) is 6.89. The Morgan fingerprint density at radius 2 is 1.86 bits per heavy atom. The highest BCUT2D eigenvalue weighted by atomic mass is 15.2. The molecule has 116 valence electrons. The molecule has 0 amide bonds. The minimum Gasteiger partial charge on any atom is -0.311 e. The predicted octanol–water partition coefficient (Wildman–Crippen LogP) is 3.82. The van der Waals surface area contributed by atoms with Gasteiger partial charge in [-0.25, -0.2) is 0 Å². The van der Waals surface area contributed by atoms with Gasteiger partial charge in [-0.05, 0) is 30.7 Å². The number of hydrogen-bond donors (Lipinski definition) is 1. The molecule has 1 heterocycles. The van der Waals surface area contributed by atoms with Gasteiger partial charge in [-0.1, -0.05) is 56.5 Å². The second kappa shape index (κ2) is 7.42. The van der Waals surface area contributed by atoms with E-state index < -0.39 is 0 Å². The number of benzene rings is 1. The first kappa shape index (κ1) is 15.1. The van der Waals surface area contributed by atoms with Gasteiger partial charge in [0.25, 0.3) is 0 Å². The summed E-state index contributed by atoms with van der Waals surface area (Å²) in [5.74, 6) is 0.910. The van der Waals surface area contributed by atoms with Crippen LogP contribution in [0.1, 0.15) is 51.0 Å². The van der Waals surface area contributed by atoms with Crippen molar-refractivity contribution in [3.05, 3.63) is 35.9 Å². The molecule has 2 atom stereocenters. The highest BCUT2D eigenvalue weighted by molar-refractivity contribution is 5.15. The van der Waals surface area contributed by atoms with Crippen molar-refractivity contribution < 1.29 is 0 Å². The maximum atomic E-state index is 3.79. The summed E-state index contributed by atoms with van der Waals surface area (Å²) in [6, 6.07) is 12.4. The third-order valence-corrected chi connectivity index (χ3v) is 5.45. The Kier molecular flexibility index (Phi) is 5.32. The molecule has 0 spiro atoms. The quantitative estimate of drug-likeness (QED) is 0.905. The molecule has 1 aromatic carbocycles. The standard InChI is InChI=1S/C19H30N2/c1-2-18-15-21(14-16-9-5-3-6-10-16)19(13-20-18)17-11-7-4-8-12-17/h3,5-6,9-10,17-20H,2,4,7-8,11-15H2,1H3. The lowest BCUT2D eigenvalue weighted by molar-refractivity contribution is 0.0645. The highest BCUT2D eigenvalue weighted by Gasteiger charge is 2.33. The van der Waals surface area contributed by atoms with E-state index in [4.69, 9.17) is 0 Å². The van der Waals surface area contributed by atoms with Gasteiger partial charge >= 0.3 is 0 Å². The molecule has 1 N–H and O–H groups in total. The largest absolute Gasteiger partial charge is 0.311 e. The van der Waals surface area contributed by atoms with Crippen LogP contribution >= 0.6 is 0 Å². The van der Waals surface area contributed by atoms with Crippen molar-refractivity contribution >= 4 is 0 Å². The van der Waals surface area contributed by atoms with Crippen LogP contribution in [-0.2, 0) is 6.54 Å². The lowest BCUT2D eigenvalue weighted by atomic mass is 9.82. The van der Waals surface area contributed by atoms with Gasteiger partial charge in [-0.2, -0.15) is 0 Å². The van der Waals surface area contributed by atoms with Gasteiger partial charge in [-0.15, -0.1) is 0 Å². The Morgan fingerprint density at radius 3 is 2.57 bits per heavy atom. The van der Waals surface area contributed by atoms with E-state index in [0.717, 1.165) is 18.5 Å². The molecule has 0 aromatic heterocycles. The SMILES string of the molecule is CCC1CN(Cc2ccccc2)C(C2CCCCC2)CN1. The maximum Gasteiger partial charge on any atom is 0.0253 e. The summed E-state index contributed by atoms with van der Waals surface area (Å²) >= 11 is 0. The van der Waals surface area contributed by atoms with Crippen LogP contribution in [-0.4, -0.2) is 30.1 Å². The first-order valence-electron chi connectivity index (χ1n) is 8.88. The maximum absolute atomic E-state index is 3.79. The second-order valence-corrected chi connectivity index (χ2v) is 6.89. The lowest BCUT2D eigenvalue weighted by Crippen LogP contribution is -2.58. The third kappa shape index (κ3) is 3.87. The fourth-order valence-electron chi connectivity index (χ4n) is 4.16. The fraction of sp³-hybridized carbons (Fsp3) is 0.684. The molecule has 2 fully saturated rings. The zero-order valence-electron chi connectivity index (χ0n) is 13.4. The molecule has 0 bridgehead atoms. The number of nitrogens with zero attached hydrogens (tertiary/aromatic N) is 1. The summed E-state index contributed by atoms with van der Waals surface area (Å²) in [7, 11) is 0. The first-order valence-corrected chi connectivity index (χ1v) is 8.88. The van der Waals surface area contributed by atoms with E-state index in [1.807, 2.05) is 0 Å². The summed E-state index contributed by atoms with van der Waals surface area (Å²) in [6.07, 6.45) is 8.45. The number of hydrogen-bond acceptors (Lipinski definition) is 2. The van der Waals surface area contributed by atoms with Gasteiger partial charge < -0.3 is 5.32 Å². The minimum absolute atomic E-state index is 0.675. The van der Waals surface area contributed by atoms with E-state index in [2.05, 4.69) is 47.5 Å². The predicted molar refractivity (Wildman–Crippen MR) is 89.3 cm³/mol. The van der Waals surface area contributed by atoms with Gasteiger partial charge in [0.2, 0.25) is 0 Å². The van der Waals surface area contributed by atoms with Crippen molar-refractivity contribution in [2.24, 2.45) is 5.92 Å². The summed E-state index contributed by atoms with van der Waals surface area (Å²) in [6.45, 7) is 5.84. The van der Waals surface area contributed by atoms with Gasteiger partial charge in [0.1, 0.15) is 0 Å². The van der Waals surface area contributed by atoms with E-state index in [1.54, 1.807) is 0 Å². The Morgan fingerprint density at radius 1 is 1.10 bits per heavy atom. The average Bonchev–Trinajstić information content (AvgIpc) is 2.56. The molecule has 0 radical (unpaired) electrons. The van der Waals surface area contributed by atoms with Crippen molar-refractivity contribution in [1.82, 2.24) is 10.2 Å². The molecular formula is C19H30N2. The minimum atomic E-state index is 0.675. The van der Waals surface area contributed by atoms with Crippen molar-refractivity contribution in [3.8, 4) is 0 Å². The first-order chi connectivity index (χ1) is 10.4. The molecule has 21 heavy (non-hydrogen) atoms. The lowest BCUT2D eigenvalue weighted by Gasteiger charge is -2.45. The number of rotatable bonds is 4. The molecule has 1 saturated carbocycles. The van der Waals surface area contributed by atoms with E-state index in [-0.39, 0.29) is 0 Å². The Balaban J connectivity index is 1.70. The van der Waals surface area contributed by atoms with Gasteiger partial charge in [0.15, 0.2) is 0 Å². The summed E-state index contributed by atoms with van der Waals surface area (Å²) in [5, 5.41) is 3.79. The summed E-state index contributed by atoms with van der Waals surface area (Å²) < 4.78 is 0. The molecule has 2 nitrogen and oxygen atoms in total. The topological polar surface area (TPSA) is 15.3 Å². The van der Waals surface area contributed by atoms with Crippen molar-refractivity contribution in [3.63, 3.8) is 0 Å². The van der Waals surface area contributed by atoms with E-state index in [0.29, 0.717) is 6.04 Å². The summed E-state index contributed by atoms with van der Waals surface area (Å²) in [5.41, 5.74) is 1.47. The van der Waals surface area contributed by atoms with Crippen LogP contribution in [0.5, 0.6) is 0 Å². The molecule has 1 aliphatic heterocycles. The van der Waals surface area contributed by atoms with E-state index >= 15 is 0 Å². The smallest absolute Gasteiger partial charge is 0.0253 e. The summed E-state index contributed by atoms with van der Waals surface area (Å²) in [4.78, 5) is 2.77. The molecule has 1 aromatic rings. The van der Waals surface area contributed by atoms with E-state index in [9.17, 15) is 0 Å². The van der Waals surface area contributed by atoms with Gasteiger partial charge in [0, 0.05) is 31.7 Å². The van der Waals surface area contributed by atoms with E-state index in [1.165, 1.54) is 57.2 Å². The fourth-order valence-corrected chi connectivity index (χ4v) is 4.16. The molecule has 1 saturated heterocycles. The molecule has 3 rings (SSSR count). The molecular weight excluding hydrogens is 256 g/mol. The Labute approximate surface area is 129 Å². The molecule has 2 heteroatoms. The van der Waals surface area contributed by atoms with Crippen molar-refractivity contribution in [2.45, 2.75) is 64.1 Å². The van der Waals surface area contributed by atoms with Crippen LogP contribution in [0.2, 0.25) is 0 Å². The van der Waals surface area contributed by atoms with Crippen molar-refractivity contribution in [2.75, 3.05) is 13.1 Å². The van der Waals surface area contributed by atoms with Crippen LogP contribution in [0.3, 0.4) is 0 Å². The Bertz CT molecular complexity index is 411. The number of piperazine rings is 1. The van der Waals surface area contributed by atoms with Crippen LogP contribution in [0.4, 0.5) is 0 Å². The Hall–Kier alpha value is -0.860. The average molecular weight is 286 g/mol. The number of nitrogens with one attached hydrogen (secondary N) is 1. The van der Waals surface area contributed by atoms with Crippen LogP contribution in [0.25, 0.3) is 0 Å².